The molecule has 18 heavy (non-hydrogen) atoms. The van der Waals surface area contributed by atoms with E-state index in [0.717, 1.165) is 29.4 Å². The molecule has 1 aromatic carbocycles. The number of unbranched alkanes of at least 4 members (excludes halogenated alkanes) is 1. The molecule has 1 aromatic heterocycles. The number of nitrogens with two attached hydrogens (primary N) is 1. The topological polar surface area (TPSA) is 56.7 Å². The van der Waals surface area contributed by atoms with E-state index in [9.17, 15) is 4.39 Å². The molecule has 2 aromatic rings. The number of aromatic nitrogens is 3. The van der Waals surface area contributed by atoms with Gasteiger partial charge in [0.2, 0.25) is 0 Å². The van der Waals surface area contributed by atoms with Gasteiger partial charge in [-0.3, -0.25) is 0 Å². The minimum Gasteiger partial charge on any atom is -0.330 e. The number of halogens is 2. The minimum absolute atomic E-state index is 0.323. The molecule has 0 saturated carbocycles. The van der Waals surface area contributed by atoms with Crippen molar-refractivity contribution in [3.63, 3.8) is 0 Å². The molecule has 0 aliphatic rings. The number of hydrogen-bond donors (Lipinski definition) is 1. The predicted octanol–water partition coefficient (Wildman–Crippen LogP) is 2.45. The third-order valence-electron chi connectivity index (χ3n) is 2.58. The van der Waals surface area contributed by atoms with Gasteiger partial charge in [0, 0.05) is 4.47 Å². The van der Waals surface area contributed by atoms with Crippen molar-refractivity contribution in [1.29, 1.82) is 0 Å². The SMILES string of the molecule is NCCCCc1cn(-c2cc(Br)ccc2F)nn1. The molecule has 0 aliphatic heterocycles. The van der Waals surface area contributed by atoms with Crippen LogP contribution in [0.5, 0.6) is 0 Å². The molecule has 96 valence electrons. The van der Waals surface area contributed by atoms with Crippen molar-refractivity contribution in [3.05, 3.63) is 40.4 Å². The summed E-state index contributed by atoms with van der Waals surface area (Å²) in [5, 5.41) is 7.97. The van der Waals surface area contributed by atoms with Gasteiger partial charge in [-0.25, -0.2) is 9.07 Å². The van der Waals surface area contributed by atoms with Crippen LogP contribution in [0.1, 0.15) is 18.5 Å². The lowest BCUT2D eigenvalue weighted by Gasteiger charge is -2.02. The summed E-state index contributed by atoms with van der Waals surface area (Å²) in [5.74, 6) is -0.323. The van der Waals surface area contributed by atoms with Gasteiger partial charge in [-0.1, -0.05) is 21.1 Å². The Morgan fingerprint density at radius 3 is 2.94 bits per heavy atom. The van der Waals surface area contributed by atoms with Gasteiger partial charge >= 0.3 is 0 Å². The van der Waals surface area contributed by atoms with Crippen LogP contribution >= 0.6 is 15.9 Å². The monoisotopic (exact) mass is 312 g/mol. The van der Waals surface area contributed by atoms with E-state index in [1.165, 1.54) is 10.7 Å². The second kappa shape index (κ2) is 6.06. The molecule has 0 bridgehead atoms. The van der Waals surface area contributed by atoms with E-state index in [2.05, 4.69) is 26.2 Å². The molecule has 1 heterocycles. The summed E-state index contributed by atoms with van der Waals surface area (Å²) in [6.07, 6.45) is 4.49. The van der Waals surface area contributed by atoms with Crippen LogP contribution in [0, 0.1) is 5.82 Å². The van der Waals surface area contributed by atoms with Crippen LogP contribution in [0.4, 0.5) is 4.39 Å². The molecule has 0 spiro atoms. The first-order valence-electron chi connectivity index (χ1n) is 5.77. The van der Waals surface area contributed by atoms with Gasteiger partial charge < -0.3 is 5.73 Å². The van der Waals surface area contributed by atoms with Crippen molar-refractivity contribution >= 4 is 15.9 Å². The maximum Gasteiger partial charge on any atom is 0.148 e. The second-order valence-electron chi connectivity index (χ2n) is 4.00. The Hall–Kier alpha value is -1.27. The normalized spacial score (nSPS) is 10.8. The standard InChI is InChI=1S/C12H14BrFN4/c13-9-4-5-11(14)12(7-9)18-8-10(16-17-18)3-1-2-6-15/h4-5,7-8H,1-3,6,15H2. The zero-order valence-corrected chi connectivity index (χ0v) is 11.4. The number of hydrogen-bond acceptors (Lipinski definition) is 3. The van der Waals surface area contributed by atoms with E-state index < -0.39 is 0 Å². The van der Waals surface area contributed by atoms with Crippen LogP contribution in [-0.4, -0.2) is 21.5 Å². The highest BCUT2D eigenvalue weighted by atomic mass is 79.9. The van der Waals surface area contributed by atoms with Gasteiger partial charge in [0.05, 0.1) is 11.9 Å². The zero-order chi connectivity index (χ0) is 13.0. The summed E-state index contributed by atoms with van der Waals surface area (Å²) in [6, 6.07) is 4.72. The molecule has 0 radical (unpaired) electrons. The van der Waals surface area contributed by atoms with E-state index in [0.29, 0.717) is 12.2 Å². The van der Waals surface area contributed by atoms with Crippen molar-refractivity contribution in [2.24, 2.45) is 5.73 Å². The molecule has 2 rings (SSSR count). The molecule has 0 fully saturated rings. The van der Waals surface area contributed by atoms with Crippen molar-refractivity contribution in [2.45, 2.75) is 19.3 Å². The summed E-state index contributed by atoms with van der Waals surface area (Å²) in [6.45, 7) is 0.675. The Labute approximate surface area is 113 Å². The third-order valence-corrected chi connectivity index (χ3v) is 3.08. The molecular weight excluding hydrogens is 299 g/mol. The summed E-state index contributed by atoms with van der Waals surface area (Å²) in [4.78, 5) is 0. The Balaban J connectivity index is 2.16. The fourth-order valence-electron chi connectivity index (χ4n) is 1.64. The van der Waals surface area contributed by atoms with Gasteiger partial charge in [-0.05, 0) is 44.0 Å². The fourth-order valence-corrected chi connectivity index (χ4v) is 1.99. The van der Waals surface area contributed by atoms with Crippen molar-refractivity contribution in [3.8, 4) is 5.69 Å². The highest BCUT2D eigenvalue weighted by Gasteiger charge is 2.08. The van der Waals surface area contributed by atoms with Crippen molar-refractivity contribution < 1.29 is 4.39 Å². The van der Waals surface area contributed by atoms with Gasteiger partial charge in [0.25, 0.3) is 0 Å². The van der Waals surface area contributed by atoms with E-state index in [-0.39, 0.29) is 5.82 Å². The van der Waals surface area contributed by atoms with Crippen LogP contribution in [0.25, 0.3) is 5.69 Å². The van der Waals surface area contributed by atoms with E-state index in [4.69, 9.17) is 5.73 Å². The molecule has 0 unspecified atom stereocenters. The van der Waals surface area contributed by atoms with E-state index in [1.54, 1.807) is 18.3 Å². The maximum absolute atomic E-state index is 13.6. The average Bonchev–Trinajstić information content (AvgIpc) is 2.81. The maximum atomic E-state index is 13.6. The smallest absolute Gasteiger partial charge is 0.148 e. The third kappa shape index (κ3) is 3.14. The molecule has 0 aliphatic carbocycles. The van der Waals surface area contributed by atoms with Crippen LogP contribution < -0.4 is 5.73 Å². The largest absolute Gasteiger partial charge is 0.330 e. The highest BCUT2D eigenvalue weighted by Crippen LogP contribution is 2.18. The Morgan fingerprint density at radius 1 is 1.33 bits per heavy atom. The number of nitrogens with zero attached hydrogens (tertiary/aromatic N) is 3. The summed E-state index contributed by atoms with van der Waals surface area (Å²) in [7, 11) is 0. The Kier molecular flexibility index (Phi) is 4.43. The average molecular weight is 313 g/mol. The first-order chi connectivity index (χ1) is 8.70. The van der Waals surface area contributed by atoms with Crippen molar-refractivity contribution in [2.75, 3.05) is 6.54 Å². The first kappa shape index (κ1) is 13.2. The van der Waals surface area contributed by atoms with Gasteiger partial charge in [0.15, 0.2) is 0 Å². The van der Waals surface area contributed by atoms with Gasteiger partial charge in [-0.2, -0.15) is 0 Å². The molecule has 0 amide bonds. The van der Waals surface area contributed by atoms with Crippen LogP contribution in [0.15, 0.2) is 28.9 Å². The van der Waals surface area contributed by atoms with Crippen LogP contribution in [-0.2, 0) is 6.42 Å². The number of benzene rings is 1. The van der Waals surface area contributed by atoms with Crippen molar-refractivity contribution in [1.82, 2.24) is 15.0 Å². The lowest BCUT2D eigenvalue weighted by atomic mass is 10.2. The molecule has 6 heteroatoms. The van der Waals surface area contributed by atoms with Gasteiger partial charge in [0.1, 0.15) is 11.5 Å². The van der Waals surface area contributed by atoms with E-state index in [1.807, 2.05) is 0 Å². The number of aryl methyl sites for hydroxylation is 1. The van der Waals surface area contributed by atoms with Crippen LogP contribution in [0.2, 0.25) is 0 Å². The molecule has 2 N–H and O–H groups in total. The number of rotatable bonds is 5. The summed E-state index contributed by atoms with van der Waals surface area (Å²) in [5.41, 5.74) is 6.67. The minimum atomic E-state index is -0.323. The zero-order valence-electron chi connectivity index (χ0n) is 9.81. The Bertz CT molecular complexity index is 527. The highest BCUT2D eigenvalue weighted by molar-refractivity contribution is 9.10. The predicted molar refractivity (Wildman–Crippen MR) is 71.0 cm³/mol. The summed E-state index contributed by atoms with van der Waals surface area (Å²) < 4.78 is 15.9. The molecule has 0 saturated heterocycles. The lowest BCUT2D eigenvalue weighted by Crippen LogP contribution is -1.99. The van der Waals surface area contributed by atoms with Crippen LogP contribution in [0.3, 0.4) is 0 Å². The second-order valence-corrected chi connectivity index (χ2v) is 4.91. The molecule has 0 atom stereocenters. The van der Waals surface area contributed by atoms with Gasteiger partial charge in [-0.15, -0.1) is 5.10 Å². The lowest BCUT2D eigenvalue weighted by molar-refractivity contribution is 0.606. The summed E-state index contributed by atoms with van der Waals surface area (Å²) >= 11 is 3.31. The molecule has 4 nitrogen and oxygen atoms in total. The quantitative estimate of drug-likeness (QED) is 0.863. The Morgan fingerprint density at radius 2 is 2.17 bits per heavy atom. The molecular formula is C12H14BrFN4. The first-order valence-corrected chi connectivity index (χ1v) is 6.56. The fraction of sp³-hybridized carbons (Fsp3) is 0.333. The van der Waals surface area contributed by atoms with E-state index >= 15 is 0 Å².